The number of hydrogen-bond acceptors (Lipinski definition) is 5. The van der Waals surface area contributed by atoms with Gasteiger partial charge in [-0.1, -0.05) is 6.92 Å². The smallest absolute Gasteiger partial charge is 0.443 e. The molecule has 8 nitrogen and oxygen atoms in total. The van der Waals surface area contributed by atoms with Gasteiger partial charge in [0.15, 0.2) is 0 Å². The van der Waals surface area contributed by atoms with Crippen LogP contribution in [0.3, 0.4) is 0 Å². The van der Waals surface area contributed by atoms with Crippen molar-refractivity contribution < 1.29 is 47.4 Å². The van der Waals surface area contributed by atoms with Gasteiger partial charge in [0.25, 0.3) is 0 Å². The molecule has 15 heavy (non-hydrogen) atoms. The number of nitrogens with zero attached hydrogens (tertiary/aromatic N) is 3. The minimum atomic E-state index is -2.37. The predicted molar refractivity (Wildman–Crippen MR) is 45.9 cm³/mol. The molecule has 0 fully saturated rings. The molecule has 0 unspecified atom stereocenters. The minimum Gasteiger partial charge on any atom is -0.642 e. The van der Waals surface area contributed by atoms with E-state index in [-0.39, 0.29) is 39.1 Å². The Bertz CT molecular complexity index is 255. The maximum Gasteiger partial charge on any atom is 0.443 e. The summed E-state index contributed by atoms with van der Waals surface area (Å²) in [6, 6.07) is 0. The number of carbonyl (C=O) groups is 1. The summed E-state index contributed by atoms with van der Waals surface area (Å²) in [5.41, 5.74) is -2.37. The van der Waals surface area contributed by atoms with Gasteiger partial charge in [-0.2, -0.15) is 0 Å². The summed E-state index contributed by atoms with van der Waals surface area (Å²) in [7, 11) is 0. The second kappa shape index (κ2) is 6.78. The molecule has 1 amide bonds. The molecule has 0 aliphatic heterocycles. The summed E-state index contributed by atoms with van der Waals surface area (Å²) in [5, 5.41) is 24.2. The van der Waals surface area contributed by atoms with Gasteiger partial charge >= 0.3 is 5.66 Å². The molecule has 0 spiro atoms. The van der Waals surface area contributed by atoms with Gasteiger partial charge in [0, 0.05) is 45.2 Å². The van der Waals surface area contributed by atoms with E-state index < -0.39 is 28.0 Å². The van der Waals surface area contributed by atoms with Crippen LogP contribution in [-0.4, -0.2) is 28.0 Å². The third-order valence-electron chi connectivity index (χ3n) is 1.80. The first-order valence-corrected chi connectivity index (χ1v) is 3.84. The van der Waals surface area contributed by atoms with Gasteiger partial charge in [0.05, 0.1) is 16.3 Å². The van der Waals surface area contributed by atoms with Gasteiger partial charge in [0.2, 0.25) is 0 Å². The number of rotatable bonds is 5. The molecule has 0 bridgehead atoms. The molecule has 0 saturated heterocycles. The summed E-state index contributed by atoms with van der Waals surface area (Å²) < 4.78 is 0. The zero-order valence-corrected chi connectivity index (χ0v) is 11.2. The van der Waals surface area contributed by atoms with E-state index in [4.69, 9.17) is 0 Å². The first kappa shape index (κ1) is 16.8. The molecule has 0 saturated carbocycles. The maximum absolute atomic E-state index is 10.5. The van der Waals surface area contributed by atoms with Gasteiger partial charge in [-0.3, -0.25) is 20.2 Å². The molecule has 0 aromatic rings. The molecule has 0 aromatic heterocycles. The molecule has 0 aliphatic rings. The predicted octanol–water partition coefficient (Wildman–Crippen LogP) is 0.564. The topological polar surface area (TPSA) is 117 Å². The van der Waals surface area contributed by atoms with Crippen LogP contribution in [0.25, 0.3) is 5.32 Å². The summed E-state index contributed by atoms with van der Waals surface area (Å²) >= 11 is 0. The summed E-state index contributed by atoms with van der Waals surface area (Å²) in [6.45, 7) is 1.67. The van der Waals surface area contributed by atoms with Crippen LogP contribution >= 0.6 is 0 Å². The first-order chi connectivity index (χ1) is 6.36. The largest absolute Gasteiger partial charge is 0.642 e. The van der Waals surface area contributed by atoms with Crippen molar-refractivity contribution in [1.82, 2.24) is 0 Å². The van der Waals surface area contributed by atoms with Crippen LogP contribution in [0.2, 0.25) is 0 Å². The first-order valence-electron chi connectivity index (χ1n) is 3.84. The van der Waals surface area contributed by atoms with Crippen molar-refractivity contribution in [1.29, 1.82) is 0 Å². The fourth-order valence-electron chi connectivity index (χ4n) is 0.790. The van der Waals surface area contributed by atoms with Crippen LogP contribution < -0.4 is 0 Å². The Balaban J connectivity index is 0. The molecule has 9 heteroatoms. The van der Waals surface area contributed by atoms with Crippen LogP contribution in [0.5, 0.6) is 0 Å². The van der Waals surface area contributed by atoms with Crippen molar-refractivity contribution in [2.75, 3.05) is 6.54 Å². The van der Waals surface area contributed by atoms with E-state index in [0.29, 0.717) is 0 Å². The fraction of sp³-hybridized carbons (Fsp3) is 0.833. The van der Waals surface area contributed by atoms with Gasteiger partial charge in [-0.15, -0.1) is 0 Å². The molecule has 0 heterocycles. The zero-order chi connectivity index (χ0) is 11.4. The molecule has 0 atom stereocenters. The average Bonchev–Trinajstić information content (AvgIpc) is 2.04. The van der Waals surface area contributed by atoms with Crippen molar-refractivity contribution >= 4 is 5.91 Å². The Labute approximate surface area is 111 Å². The van der Waals surface area contributed by atoms with E-state index in [1.807, 2.05) is 0 Å². The number of amides is 1. The van der Waals surface area contributed by atoms with E-state index >= 15 is 0 Å². The molecule has 0 aromatic carbocycles. The third kappa shape index (κ3) is 4.17. The molecular formula is C6H10N3O5Y-. The Morgan fingerprint density at radius 2 is 1.73 bits per heavy atom. The molecule has 0 N–H and O–H groups in total. The number of hydrogen-bond donors (Lipinski definition) is 0. The van der Waals surface area contributed by atoms with Crippen LogP contribution in [0, 0.1) is 20.2 Å². The summed E-state index contributed by atoms with van der Waals surface area (Å²) in [6.07, 6.45) is -0.316. The fourth-order valence-corrected chi connectivity index (χ4v) is 0.790. The van der Waals surface area contributed by atoms with Crippen LogP contribution in [0.4, 0.5) is 0 Å². The van der Waals surface area contributed by atoms with Crippen molar-refractivity contribution in [2.24, 2.45) is 0 Å². The second-order valence-electron chi connectivity index (χ2n) is 2.69. The van der Waals surface area contributed by atoms with E-state index in [1.165, 1.54) is 6.92 Å². The molecule has 0 rings (SSSR count). The van der Waals surface area contributed by atoms with Crippen LogP contribution in [-0.2, 0) is 37.5 Å². The van der Waals surface area contributed by atoms with Gasteiger partial charge in [-0.25, -0.2) is 0 Å². The van der Waals surface area contributed by atoms with Crippen LogP contribution in [0.1, 0.15) is 20.3 Å². The normalized spacial score (nSPS) is 10.0. The van der Waals surface area contributed by atoms with Crippen LogP contribution in [0.15, 0.2) is 0 Å². The molecule has 83 valence electrons. The van der Waals surface area contributed by atoms with E-state index in [1.54, 1.807) is 0 Å². The second-order valence-corrected chi connectivity index (χ2v) is 2.69. The third-order valence-corrected chi connectivity index (χ3v) is 1.80. The van der Waals surface area contributed by atoms with Crippen molar-refractivity contribution in [3.8, 4) is 0 Å². The van der Waals surface area contributed by atoms with E-state index in [9.17, 15) is 25.0 Å². The number of carbonyl (C=O) groups excluding carboxylic acids is 1. The zero-order valence-electron chi connectivity index (χ0n) is 8.37. The van der Waals surface area contributed by atoms with E-state index in [2.05, 4.69) is 5.32 Å². The maximum atomic E-state index is 10.5. The van der Waals surface area contributed by atoms with E-state index in [0.717, 1.165) is 6.92 Å². The number of nitro groups is 2. The Hall–Kier alpha value is -0.626. The van der Waals surface area contributed by atoms with Crippen molar-refractivity contribution in [3.63, 3.8) is 0 Å². The molecule has 0 aliphatic carbocycles. The van der Waals surface area contributed by atoms with Gasteiger partial charge in [0.1, 0.15) is 0 Å². The van der Waals surface area contributed by atoms with Gasteiger partial charge < -0.3 is 10.1 Å². The minimum absolute atomic E-state index is 0. The molecule has 1 radical (unpaired) electrons. The Morgan fingerprint density at radius 1 is 1.33 bits per heavy atom. The van der Waals surface area contributed by atoms with Crippen molar-refractivity contribution in [2.45, 2.75) is 25.9 Å². The van der Waals surface area contributed by atoms with Crippen molar-refractivity contribution in [3.05, 3.63) is 25.5 Å². The standard InChI is InChI=1S/C6H11N3O5.Y/c1-3-6(8(11)12,9(13)14)4-7-5(2)10;/h3-4H2,1-2H3,(H,7,10);/p-1. The Morgan fingerprint density at radius 3 is 1.93 bits per heavy atom. The molecular weight excluding hydrogens is 283 g/mol. The SMILES string of the molecule is CCC(C[N-]C(C)=O)([N+](=O)[O-])[N+](=O)[O-].[Y]. The average molecular weight is 293 g/mol. The monoisotopic (exact) mass is 293 g/mol. The van der Waals surface area contributed by atoms with Gasteiger partial charge in [-0.05, 0) is 6.92 Å². The summed E-state index contributed by atoms with van der Waals surface area (Å²) in [5.74, 6) is -0.661. The summed E-state index contributed by atoms with van der Waals surface area (Å²) in [4.78, 5) is 29.4. The quantitative estimate of drug-likeness (QED) is 0.417. The Kier molecular flexibility index (Phi) is 7.59.